The maximum Gasteiger partial charge on any atom is 0.355 e. The Labute approximate surface area is 80.7 Å². The van der Waals surface area contributed by atoms with E-state index >= 15 is 0 Å². The number of nitrogen functional groups attached to an aromatic ring is 1. The van der Waals surface area contributed by atoms with Gasteiger partial charge >= 0.3 is 5.97 Å². The van der Waals surface area contributed by atoms with Crippen LogP contribution in [0.4, 0.5) is 10.1 Å². The summed E-state index contributed by atoms with van der Waals surface area (Å²) >= 11 is 1.64. The molecule has 1 aromatic heterocycles. The molecule has 0 saturated heterocycles. The quantitative estimate of drug-likeness (QED) is 0.756. The Hall–Kier alpha value is -0.920. The summed E-state index contributed by atoms with van der Waals surface area (Å²) in [5.41, 5.74) is 4.83. The molecule has 0 aliphatic carbocycles. The molecular formula is C6H4FIN2O2. The molecule has 0 fully saturated rings. The first-order valence-electron chi connectivity index (χ1n) is 2.86. The van der Waals surface area contributed by atoms with Gasteiger partial charge in [-0.1, -0.05) is 0 Å². The number of carbonyl (C=O) groups is 1. The average Bonchev–Trinajstić information content (AvgIpc) is 2.00. The van der Waals surface area contributed by atoms with Crippen LogP contribution in [-0.4, -0.2) is 16.1 Å². The first-order chi connectivity index (χ1) is 5.54. The van der Waals surface area contributed by atoms with Crippen LogP contribution in [0.3, 0.4) is 0 Å². The number of nitrogens with zero attached hydrogens (tertiary/aromatic N) is 1. The largest absolute Gasteiger partial charge is 0.476 e. The van der Waals surface area contributed by atoms with E-state index in [1.807, 2.05) is 0 Å². The summed E-state index contributed by atoms with van der Waals surface area (Å²) in [6.45, 7) is 0. The third-order valence-electron chi connectivity index (χ3n) is 1.21. The minimum absolute atomic E-state index is 0.125. The molecule has 64 valence electrons. The standard InChI is InChI=1S/C6H4FIN2O2/c7-2-1-10-5(6(11)12)3(8)4(2)9/h1H,(H2,9,10)(H,11,12). The lowest BCUT2D eigenvalue weighted by Gasteiger charge is -2.01. The lowest BCUT2D eigenvalue weighted by atomic mass is 10.3. The van der Waals surface area contributed by atoms with Gasteiger partial charge in [0.05, 0.1) is 15.5 Å². The highest BCUT2D eigenvalue weighted by Crippen LogP contribution is 2.20. The number of nitrogens with two attached hydrogens (primary N) is 1. The number of halogens is 2. The molecule has 12 heavy (non-hydrogen) atoms. The number of pyridine rings is 1. The number of hydrogen-bond acceptors (Lipinski definition) is 3. The maximum absolute atomic E-state index is 12.6. The summed E-state index contributed by atoms with van der Waals surface area (Å²) in [7, 11) is 0. The molecule has 1 rings (SSSR count). The molecule has 0 atom stereocenters. The highest BCUT2D eigenvalue weighted by molar-refractivity contribution is 14.1. The van der Waals surface area contributed by atoms with E-state index in [1.165, 1.54) is 0 Å². The Kier molecular flexibility index (Phi) is 2.46. The molecule has 0 aromatic carbocycles. The molecule has 6 heteroatoms. The zero-order valence-corrected chi connectivity index (χ0v) is 7.87. The fourth-order valence-corrected chi connectivity index (χ4v) is 1.26. The summed E-state index contributed by atoms with van der Waals surface area (Å²) in [5.74, 6) is -1.92. The van der Waals surface area contributed by atoms with Crippen LogP contribution in [0, 0.1) is 9.39 Å². The second kappa shape index (κ2) is 3.21. The molecule has 0 bridgehead atoms. The van der Waals surface area contributed by atoms with E-state index in [-0.39, 0.29) is 15.0 Å². The molecule has 4 nitrogen and oxygen atoms in total. The maximum atomic E-state index is 12.6. The summed E-state index contributed by atoms with van der Waals surface area (Å²) in [4.78, 5) is 13.8. The van der Waals surface area contributed by atoms with Gasteiger partial charge in [0.1, 0.15) is 0 Å². The molecule has 0 unspecified atom stereocenters. The van der Waals surface area contributed by atoms with Gasteiger partial charge in [-0.25, -0.2) is 14.2 Å². The molecule has 0 spiro atoms. The van der Waals surface area contributed by atoms with E-state index in [2.05, 4.69) is 4.98 Å². The number of carboxylic acid groups (broad SMARTS) is 1. The smallest absolute Gasteiger partial charge is 0.355 e. The Morgan fingerprint density at radius 1 is 1.75 bits per heavy atom. The number of rotatable bonds is 1. The van der Waals surface area contributed by atoms with Crippen molar-refractivity contribution in [1.29, 1.82) is 0 Å². The van der Waals surface area contributed by atoms with Gasteiger partial charge < -0.3 is 10.8 Å². The molecule has 1 heterocycles. The fourth-order valence-electron chi connectivity index (χ4n) is 0.629. The van der Waals surface area contributed by atoms with Crippen molar-refractivity contribution in [2.45, 2.75) is 0 Å². The van der Waals surface area contributed by atoms with Crippen LogP contribution in [-0.2, 0) is 0 Å². The molecule has 1 aromatic rings. The van der Waals surface area contributed by atoms with Crippen molar-refractivity contribution in [2.24, 2.45) is 0 Å². The predicted octanol–water partition coefficient (Wildman–Crippen LogP) is 1.11. The van der Waals surface area contributed by atoms with Crippen LogP contribution in [0.25, 0.3) is 0 Å². The van der Waals surface area contributed by atoms with Gasteiger partial charge in [0.15, 0.2) is 11.5 Å². The Bertz CT molecular complexity index is 343. The molecule has 0 aliphatic rings. The summed E-state index contributed by atoms with van der Waals surface area (Å²) in [6, 6.07) is 0. The van der Waals surface area contributed by atoms with Crippen molar-refractivity contribution in [3.05, 3.63) is 21.3 Å². The number of aromatic carboxylic acids is 1. The van der Waals surface area contributed by atoms with Gasteiger partial charge in [0.2, 0.25) is 0 Å². The average molecular weight is 282 g/mol. The number of hydrogen-bond donors (Lipinski definition) is 2. The van der Waals surface area contributed by atoms with Gasteiger partial charge in [-0.15, -0.1) is 0 Å². The van der Waals surface area contributed by atoms with Crippen LogP contribution in [0.1, 0.15) is 10.5 Å². The third kappa shape index (κ3) is 1.47. The van der Waals surface area contributed by atoms with E-state index in [1.54, 1.807) is 22.6 Å². The molecule has 0 radical (unpaired) electrons. The molecule has 0 aliphatic heterocycles. The fraction of sp³-hybridized carbons (Fsp3) is 0. The zero-order chi connectivity index (χ0) is 9.30. The minimum atomic E-state index is -1.22. The van der Waals surface area contributed by atoms with E-state index < -0.39 is 11.8 Å². The van der Waals surface area contributed by atoms with E-state index in [4.69, 9.17) is 10.8 Å². The van der Waals surface area contributed by atoms with Crippen molar-refractivity contribution in [3.63, 3.8) is 0 Å². The predicted molar refractivity (Wildman–Crippen MR) is 48.3 cm³/mol. The number of anilines is 1. The van der Waals surface area contributed by atoms with Crippen molar-refractivity contribution in [3.8, 4) is 0 Å². The third-order valence-corrected chi connectivity index (χ3v) is 2.30. The van der Waals surface area contributed by atoms with Gasteiger partial charge in [-0.2, -0.15) is 0 Å². The summed E-state index contributed by atoms with van der Waals surface area (Å²) < 4.78 is 12.8. The SMILES string of the molecule is Nc1c(F)cnc(C(=O)O)c1I. The minimum Gasteiger partial charge on any atom is -0.476 e. The van der Waals surface area contributed by atoms with Crippen molar-refractivity contribution >= 4 is 34.2 Å². The van der Waals surface area contributed by atoms with Crippen molar-refractivity contribution in [2.75, 3.05) is 5.73 Å². The van der Waals surface area contributed by atoms with Crippen LogP contribution in [0.15, 0.2) is 6.20 Å². The van der Waals surface area contributed by atoms with Gasteiger partial charge in [0, 0.05) is 0 Å². The number of aromatic nitrogens is 1. The second-order valence-electron chi connectivity index (χ2n) is 1.99. The van der Waals surface area contributed by atoms with Gasteiger partial charge in [0.25, 0.3) is 0 Å². The molecule has 3 N–H and O–H groups in total. The number of carboxylic acids is 1. The monoisotopic (exact) mass is 282 g/mol. The Morgan fingerprint density at radius 3 is 2.83 bits per heavy atom. The second-order valence-corrected chi connectivity index (χ2v) is 3.07. The van der Waals surface area contributed by atoms with Crippen LogP contribution < -0.4 is 5.73 Å². The van der Waals surface area contributed by atoms with Crippen molar-refractivity contribution < 1.29 is 14.3 Å². The normalized spacial score (nSPS) is 9.83. The summed E-state index contributed by atoms with van der Waals surface area (Å²) in [6.07, 6.45) is 0.793. The first kappa shape index (κ1) is 9.17. The summed E-state index contributed by atoms with van der Waals surface area (Å²) in [5, 5.41) is 8.54. The van der Waals surface area contributed by atoms with Crippen molar-refractivity contribution in [1.82, 2.24) is 4.98 Å². The zero-order valence-electron chi connectivity index (χ0n) is 5.71. The van der Waals surface area contributed by atoms with Gasteiger partial charge in [-0.3, -0.25) is 0 Å². The molecule has 0 saturated carbocycles. The highest BCUT2D eigenvalue weighted by Gasteiger charge is 2.14. The van der Waals surface area contributed by atoms with Crippen LogP contribution in [0.2, 0.25) is 0 Å². The van der Waals surface area contributed by atoms with E-state index in [0.717, 1.165) is 6.20 Å². The lowest BCUT2D eigenvalue weighted by molar-refractivity contribution is 0.0689. The Balaban J connectivity index is 3.36. The first-order valence-corrected chi connectivity index (χ1v) is 3.94. The van der Waals surface area contributed by atoms with E-state index in [0.29, 0.717) is 0 Å². The molecular weight excluding hydrogens is 278 g/mol. The topological polar surface area (TPSA) is 76.2 Å². The van der Waals surface area contributed by atoms with Crippen LogP contribution >= 0.6 is 22.6 Å². The Morgan fingerprint density at radius 2 is 2.33 bits per heavy atom. The molecule has 0 amide bonds. The van der Waals surface area contributed by atoms with E-state index in [9.17, 15) is 9.18 Å². The van der Waals surface area contributed by atoms with Gasteiger partial charge in [-0.05, 0) is 22.6 Å². The van der Waals surface area contributed by atoms with Crippen LogP contribution in [0.5, 0.6) is 0 Å². The lowest BCUT2D eigenvalue weighted by Crippen LogP contribution is -2.07. The highest BCUT2D eigenvalue weighted by atomic mass is 127.